The Bertz CT molecular complexity index is 711. The molecule has 1 aromatic carbocycles. The highest BCUT2D eigenvalue weighted by molar-refractivity contribution is 6.09. The van der Waals surface area contributed by atoms with Crippen LogP contribution >= 0.6 is 0 Å². The molecule has 6 nitrogen and oxygen atoms in total. The molecule has 0 saturated carbocycles. The molecule has 1 saturated heterocycles. The molecular formula is C18H23F2N3O3. The van der Waals surface area contributed by atoms with E-state index in [4.69, 9.17) is 0 Å². The van der Waals surface area contributed by atoms with E-state index >= 15 is 0 Å². The van der Waals surface area contributed by atoms with Crippen LogP contribution in [0.15, 0.2) is 18.2 Å². The molecule has 1 unspecified atom stereocenters. The Kier molecular flexibility index (Phi) is 6.28. The molecule has 1 aromatic rings. The molecule has 0 aliphatic carbocycles. The second kappa shape index (κ2) is 8.25. The van der Waals surface area contributed by atoms with Gasteiger partial charge >= 0.3 is 6.03 Å². The van der Waals surface area contributed by atoms with Gasteiger partial charge in [-0.25, -0.2) is 13.6 Å². The van der Waals surface area contributed by atoms with Crippen molar-refractivity contribution in [3.05, 3.63) is 35.4 Å². The number of carbonyl (C=O) groups excluding carboxylic acids is 3. The van der Waals surface area contributed by atoms with Gasteiger partial charge in [0.1, 0.15) is 23.7 Å². The fourth-order valence-electron chi connectivity index (χ4n) is 2.90. The van der Waals surface area contributed by atoms with Gasteiger partial charge in [0.25, 0.3) is 5.91 Å². The molecule has 2 rings (SSSR count). The van der Waals surface area contributed by atoms with E-state index < -0.39 is 41.6 Å². The first-order valence-corrected chi connectivity index (χ1v) is 8.66. The molecular weight excluding hydrogens is 344 g/mol. The quantitative estimate of drug-likeness (QED) is 0.547. The number of hydrogen-bond acceptors (Lipinski definition) is 3. The molecule has 1 aliphatic rings. The number of carbonyl (C=O) groups is 3. The number of nitrogens with one attached hydrogen (secondary N) is 2. The standard InChI is InChI=1S/C18H23F2N3O3/c1-3-4-5-6-9-21-15(24)11-23-16(25)18(2,22-17(23)26)13-8-7-12(19)10-14(13)20/h7-8,10H,3-6,9,11H2,1-2H3,(H,21,24)(H,22,26). The molecule has 142 valence electrons. The lowest BCUT2D eigenvalue weighted by Gasteiger charge is -2.22. The van der Waals surface area contributed by atoms with Crippen LogP contribution in [0.4, 0.5) is 13.6 Å². The number of halogens is 2. The van der Waals surface area contributed by atoms with Gasteiger partial charge in [0.05, 0.1) is 0 Å². The fraction of sp³-hybridized carbons (Fsp3) is 0.500. The van der Waals surface area contributed by atoms with Gasteiger partial charge in [-0.1, -0.05) is 32.3 Å². The van der Waals surface area contributed by atoms with Crippen molar-refractivity contribution < 1.29 is 23.2 Å². The van der Waals surface area contributed by atoms with Gasteiger partial charge < -0.3 is 10.6 Å². The van der Waals surface area contributed by atoms with Crippen molar-refractivity contribution in [2.24, 2.45) is 0 Å². The number of hydrogen-bond donors (Lipinski definition) is 2. The summed E-state index contributed by atoms with van der Waals surface area (Å²) < 4.78 is 27.2. The first kappa shape index (κ1) is 19.8. The number of imide groups is 1. The highest BCUT2D eigenvalue weighted by atomic mass is 19.1. The number of amides is 4. The Hall–Kier alpha value is -2.51. The maximum Gasteiger partial charge on any atom is 0.325 e. The molecule has 1 aliphatic heterocycles. The van der Waals surface area contributed by atoms with Crippen molar-refractivity contribution >= 4 is 17.8 Å². The Morgan fingerprint density at radius 3 is 2.62 bits per heavy atom. The minimum Gasteiger partial charge on any atom is -0.355 e. The van der Waals surface area contributed by atoms with Gasteiger partial charge in [-0.2, -0.15) is 0 Å². The summed E-state index contributed by atoms with van der Waals surface area (Å²) in [5.41, 5.74) is -1.84. The van der Waals surface area contributed by atoms with Gasteiger partial charge in [0.2, 0.25) is 5.91 Å². The number of nitrogens with zero attached hydrogens (tertiary/aromatic N) is 1. The maximum absolute atomic E-state index is 14.1. The van der Waals surface area contributed by atoms with Crippen LogP contribution in [0.3, 0.4) is 0 Å². The summed E-state index contributed by atoms with van der Waals surface area (Å²) in [6.45, 7) is 3.42. The smallest absolute Gasteiger partial charge is 0.325 e. The van der Waals surface area contributed by atoms with Crippen LogP contribution < -0.4 is 10.6 Å². The van der Waals surface area contributed by atoms with Crippen LogP contribution in [0.25, 0.3) is 0 Å². The van der Waals surface area contributed by atoms with Crippen LogP contribution in [-0.4, -0.2) is 35.8 Å². The Morgan fingerprint density at radius 1 is 1.23 bits per heavy atom. The van der Waals surface area contributed by atoms with Crippen molar-refractivity contribution in [2.45, 2.75) is 45.1 Å². The summed E-state index contributed by atoms with van der Waals surface area (Å²) in [5.74, 6) is -2.95. The topological polar surface area (TPSA) is 78.5 Å². The van der Waals surface area contributed by atoms with Crippen LogP contribution in [0, 0.1) is 11.6 Å². The van der Waals surface area contributed by atoms with Gasteiger partial charge in [-0.3, -0.25) is 14.5 Å². The zero-order valence-electron chi connectivity index (χ0n) is 14.9. The normalized spacial score (nSPS) is 19.6. The second-order valence-corrected chi connectivity index (χ2v) is 6.48. The number of benzene rings is 1. The summed E-state index contributed by atoms with van der Waals surface area (Å²) in [4.78, 5) is 37.5. The first-order chi connectivity index (χ1) is 12.3. The highest BCUT2D eigenvalue weighted by Crippen LogP contribution is 2.30. The Balaban J connectivity index is 2.03. The Labute approximate surface area is 150 Å². The summed E-state index contributed by atoms with van der Waals surface area (Å²) in [7, 11) is 0. The van der Waals surface area contributed by atoms with Crippen LogP contribution in [0.1, 0.15) is 45.1 Å². The van der Waals surface area contributed by atoms with Crippen LogP contribution in [-0.2, 0) is 15.1 Å². The lowest BCUT2D eigenvalue weighted by molar-refractivity contribution is -0.134. The zero-order valence-corrected chi connectivity index (χ0v) is 14.9. The Morgan fingerprint density at radius 2 is 1.96 bits per heavy atom. The first-order valence-electron chi connectivity index (χ1n) is 8.66. The van der Waals surface area contributed by atoms with Gasteiger partial charge in [-0.05, 0) is 19.4 Å². The maximum atomic E-state index is 14.1. The van der Waals surface area contributed by atoms with Crippen LogP contribution in [0.2, 0.25) is 0 Å². The molecule has 0 bridgehead atoms. The van der Waals surface area contributed by atoms with E-state index in [-0.39, 0.29) is 5.56 Å². The molecule has 1 fully saturated rings. The van der Waals surface area contributed by atoms with E-state index in [2.05, 4.69) is 17.6 Å². The minimum atomic E-state index is -1.68. The molecule has 1 atom stereocenters. The second-order valence-electron chi connectivity index (χ2n) is 6.48. The number of unbranched alkanes of at least 4 members (excludes halogenated alkanes) is 3. The van der Waals surface area contributed by atoms with E-state index in [1.54, 1.807) is 0 Å². The van der Waals surface area contributed by atoms with Gasteiger partial charge in [0, 0.05) is 18.2 Å². The monoisotopic (exact) mass is 367 g/mol. The molecule has 1 heterocycles. The predicted octanol–water partition coefficient (Wildman–Crippen LogP) is 2.43. The minimum absolute atomic E-state index is 0.153. The van der Waals surface area contributed by atoms with Crippen LogP contribution in [0.5, 0.6) is 0 Å². The van der Waals surface area contributed by atoms with Crippen molar-refractivity contribution in [2.75, 3.05) is 13.1 Å². The molecule has 2 N–H and O–H groups in total. The van der Waals surface area contributed by atoms with E-state index in [0.717, 1.165) is 42.7 Å². The van der Waals surface area contributed by atoms with E-state index in [1.165, 1.54) is 6.92 Å². The molecule has 8 heteroatoms. The number of rotatable bonds is 8. The summed E-state index contributed by atoms with van der Waals surface area (Å²) >= 11 is 0. The molecule has 0 spiro atoms. The lowest BCUT2D eigenvalue weighted by atomic mass is 9.91. The summed E-state index contributed by atoms with van der Waals surface area (Å²) in [6, 6.07) is 1.98. The van der Waals surface area contributed by atoms with E-state index in [1.807, 2.05) is 0 Å². The predicted molar refractivity (Wildman–Crippen MR) is 91.1 cm³/mol. The summed E-state index contributed by atoms with van der Waals surface area (Å²) in [5, 5.41) is 5.05. The SMILES string of the molecule is CCCCCCNC(=O)CN1C(=O)NC(C)(c2ccc(F)cc2F)C1=O. The average molecular weight is 367 g/mol. The molecule has 4 amide bonds. The molecule has 0 radical (unpaired) electrons. The largest absolute Gasteiger partial charge is 0.355 e. The molecule has 0 aromatic heterocycles. The van der Waals surface area contributed by atoms with Crippen molar-refractivity contribution in [3.63, 3.8) is 0 Å². The number of urea groups is 1. The third kappa shape index (κ3) is 4.17. The van der Waals surface area contributed by atoms with Crippen molar-refractivity contribution in [3.8, 4) is 0 Å². The highest BCUT2D eigenvalue weighted by Gasteiger charge is 2.50. The van der Waals surface area contributed by atoms with E-state index in [9.17, 15) is 23.2 Å². The third-order valence-corrected chi connectivity index (χ3v) is 4.40. The summed E-state index contributed by atoms with van der Waals surface area (Å²) in [6.07, 6.45) is 3.96. The van der Waals surface area contributed by atoms with Crippen molar-refractivity contribution in [1.82, 2.24) is 15.5 Å². The van der Waals surface area contributed by atoms with Gasteiger partial charge in [-0.15, -0.1) is 0 Å². The zero-order chi connectivity index (χ0) is 19.3. The van der Waals surface area contributed by atoms with Gasteiger partial charge in [0.15, 0.2) is 0 Å². The average Bonchev–Trinajstić information content (AvgIpc) is 2.78. The fourth-order valence-corrected chi connectivity index (χ4v) is 2.90. The third-order valence-electron chi connectivity index (χ3n) is 4.40. The van der Waals surface area contributed by atoms with E-state index in [0.29, 0.717) is 12.6 Å². The van der Waals surface area contributed by atoms with Crippen molar-refractivity contribution in [1.29, 1.82) is 0 Å². The lowest BCUT2D eigenvalue weighted by Crippen LogP contribution is -2.43. The molecule has 26 heavy (non-hydrogen) atoms.